The highest BCUT2D eigenvalue weighted by Gasteiger charge is 2.23. The van der Waals surface area contributed by atoms with Gasteiger partial charge in [0.25, 0.3) is 0 Å². The Bertz CT molecular complexity index is 540. The lowest BCUT2D eigenvalue weighted by Gasteiger charge is -2.16. The fourth-order valence-corrected chi connectivity index (χ4v) is 3.15. The average Bonchev–Trinajstić information content (AvgIpc) is 2.82. The highest BCUT2D eigenvalue weighted by atomic mass is 32.2. The van der Waals surface area contributed by atoms with E-state index in [0.717, 1.165) is 25.3 Å². The van der Waals surface area contributed by atoms with Crippen molar-refractivity contribution in [3.05, 3.63) is 24.3 Å². The average molecular weight is 298 g/mol. The molecular formula is C14H22N2O3S. The molecule has 0 saturated carbocycles. The molecule has 20 heavy (non-hydrogen) atoms. The quantitative estimate of drug-likeness (QED) is 0.900. The standard InChI is InChI=1S/C14H22N2O3S/c1-11-12(8-9-19-11)10-15-13-4-6-14(7-5-13)20(17,18)16(2)3/h4-7,11-12,15H,8-10H2,1-3H3. The Balaban J connectivity index is 1.98. The van der Waals surface area contributed by atoms with Gasteiger partial charge in [0, 0.05) is 38.9 Å². The maximum absolute atomic E-state index is 11.9. The SMILES string of the molecule is CC1OCCC1CNc1ccc(S(=O)(=O)N(C)C)cc1. The van der Waals surface area contributed by atoms with Gasteiger partial charge in [0.1, 0.15) is 0 Å². The number of nitrogens with zero attached hydrogens (tertiary/aromatic N) is 1. The minimum Gasteiger partial charge on any atom is -0.385 e. The Labute approximate surface area is 121 Å². The van der Waals surface area contributed by atoms with Gasteiger partial charge in [0.2, 0.25) is 10.0 Å². The summed E-state index contributed by atoms with van der Waals surface area (Å²) in [7, 11) is -0.286. The molecule has 1 N–H and O–H groups in total. The summed E-state index contributed by atoms with van der Waals surface area (Å²) in [5.74, 6) is 0.514. The van der Waals surface area contributed by atoms with E-state index in [2.05, 4.69) is 12.2 Å². The van der Waals surface area contributed by atoms with Gasteiger partial charge in [0.05, 0.1) is 11.0 Å². The molecule has 1 aromatic rings. The van der Waals surface area contributed by atoms with Crippen molar-refractivity contribution in [3.63, 3.8) is 0 Å². The summed E-state index contributed by atoms with van der Waals surface area (Å²) in [5, 5.41) is 3.34. The molecule has 1 aliphatic heterocycles. The first-order chi connectivity index (χ1) is 9.41. The van der Waals surface area contributed by atoms with E-state index in [1.165, 1.54) is 18.4 Å². The molecule has 6 heteroatoms. The van der Waals surface area contributed by atoms with Crippen LogP contribution in [-0.4, -0.2) is 46.1 Å². The summed E-state index contributed by atoms with van der Waals surface area (Å²) in [6.45, 7) is 3.76. The summed E-state index contributed by atoms with van der Waals surface area (Å²) in [5.41, 5.74) is 0.932. The zero-order chi connectivity index (χ0) is 14.8. The fraction of sp³-hybridized carbons (Fsp3) is 0.571. The summed E-state index contributed by atoms with van der Waals surface area (Å²) in [4.78, 5) is 0.311. The first-order valence-corrected chi connectivity index (χ1v) is 8.23. The third-order valence-electron chi connectivity index (χ3n) is 3.73. The van der Waals surface area contributed by atoms with E-state index >= 15 is 0 Å². The van der Waals surface area contributed by atoms with Crippen molar-refractivity contribution in [2.45, 2.75) is 24.3 Å². The van der Waals surface area contributed by atoms with Crippen LogP contribution in [0.25, 0.3) is 0 Å². The fourth-order valence-electron chi connectivity index (χ4n) is 2.25. The van der Waals surface area contributed by atoms with Crippen molar-refractivity contribution in [1.29, 1.82) is 0 Å². The number of benzene rings is 1. The van der Waals surface area contributed by atoms with Gasteiger partial charge in [-0.2, -0.15) is 0 Å². The summed E-state index contributed by atoms with van der Waals surface area (Å²) in [6.07, 6.45) is 1.36. The van der Waals surface area contributed by atoms with E-state index in [0.29, 0.717) is 10.8 Å². The predicted molar refractivity (Wildman–Crippen MR) is 79.3 cm³/mol. The van der Waals surface area contributed by atoms with Crippen molar-refractivity contribution >= 4 is 15.7 Å². The molecule has 0 bridgehead atoms. The number of nitrogens with one attached hydrogen (secondary N) is 1. The maximum Gasteiger partial charge on any atom is 0.242 e. The number of anilines is 1. The van der Waals surface area contributed by atoms with E-state index in [9.17, 15) is 8.42 Å². The van der Waals surface area contributed by atoms with E-state index in [-0.39, 0.29) is 6.10 Å². The molecular weight excluding hydrogens is 276 g/mol. The second kappa shape index (κ2) is 6.11. The zero-order valence-electron chi connectivity index (χ0n) is 12.2. The third-order valence-corrected chi connectivity index (χ3v) is 5.56. The van der Waals surface area contributed by atoms with Crippen molar-refractivity contribution in [1.82, 2.24) is 4.31 Å². The lowest BCUT2D eigenvalue weighted by molar-refractivity contribution is 0.108. The summed E-state index contributed by atoms with van der Waals surface area (Å²) < 4.78 is 30.6. The molecule has 2 rings (SSSR count). The first-order valence-electron chi connectivity index (χ1n) is 6.79. The molecule has 1 fully saturated rings. The lowest BCUT2D eigenvalue weighted by Crippen LogP contribution is -2.22. The molecule has 0 spiro atoms. The van der Waals surface area contributed by atoms with E-state index < -0.39 is 10.0 Å². The van der Waals surface area contributed by atoms with Crippen molar-refractivity contribution in [2.75, 3.05) is 32.6 Å². The molecule has 1 saturated heterocycles. The van der Waals surface area contributed by atoms with Crippen LogP contribution in [0.15, 0.2) is 29.2 Å². The highest BCUT2D eigenvalue weighted by molar-refractivity contribution is 7.89. The van der Waals surface area contributed by atoms with Crippen LogP contribution >= 0.6 is 0 Å². The van der Waals surface area contributed by atoms with Crippen molar-refractivity contribution in [2.24, 2.45) is 5.92 Å². The molecule has 1 heterocycles. The predicted octanol–water partition coefficient (Wildman–Crippen LogP) is 1.77. The normalized spacial score (nSPS) is 23.2. The smallest absolute Gasteiger partial charge is 0.242 e. The van der Waals surface area contributed by atoms with E-state index in [4.69, 9.17) is 4.74 Å². The Kier molecular flexibility index (Phi) is 4.67. The van der Waals surface area contributed by atoms with Gasteiger partial charge < -0.3 is 10.1 Å². The molecule has 5 nitrogen and oxygen atoms in total. The van der Waals surface area contributed by atoms with Gasteiger partial charge in [-0.15, -0.1) is 0 Å². The first kappa shape index (κ1) is 15.3. The van der Waals surface area contributed by atoms with E-state index in [1.807, 2.05) is 0 Å². The molecule has 0 aromatic heterocycles. The molecule has 2 unspecified atom stereocenters. The Morgan fingerprint density at radius 1 is 1.30 bits per heavy atom. The zero-order valence-corrected chi connectivity index (χ0v) is 13.0. The molecule has 0 amide bonds. The minimum atomic E-state index is -3.35. The second-order valence-corrected chi connectivity index (χ2v) is 7.47. The Hall–Kier alpha value is -1.11. The van der Waals surface area contributed by atoms with Gasteiger partial charge in [0.15, 0.2) is 0 Å². The van der Waals surface area contributed by atoms with Crippen LogP contribution in [0, 0.1) is 5.92 Å². The molecule has 112 valence electrons. The van der Waals surface area contributed by atoms with Gasteiger partial charge in [-0.25, -0.2) is 12.7 Å². The molecule has 1 aromatic carbocycles. The van der Waals surface area contributed by atoms with E-state index in [1.54, 1.807) is 24.3 Å². The van der Waals surface area contributed by atoms with Crippen LogP contribution in [0.5, 0.6) is 0 Å². The largest absolute Gasteiger partial charge is 0.385 e. The van der Waals surface area contributed by atoms with Gasteiger partial charge >= 0.3 is 0 Å². The molecule has 0 aliphatic carbocycles. The summed E-state index contributed by atoms with van der Waals surface area (Å²) in [6, 6.07) is 6.87. The number of rotatable bonds is 5. The number of hydrogen-bond acceptors (Lipinski definition) is 4. The van der Waals surface area contributed by atoms with Crippen LogP contribution in [0.3, 0.4) is 0 Å². The highest BCUT2D eigenvalue weighted by Crippen LogP contribution is 2.22. The number of hydrogen-bond donors (Lipinski definition) is 1. The molecule has 1 aliphatic rings. The lowest BCUT2D eigenvalue weighted by atomic mass is 10.0. The Morgan fingerprint density at radius 2 is 1.95 bits per heavy atom. The Morgan fingerprint density at radius 3 is 2.45 bits per heavy atom. The maximum atomic E-state index is 11.9. The minimum absolute atomic E-state index is 0.288. The van der Waals surface area contributed by atoms with Gasteiger partial charge in [-0.1, -0.05) is 0 Å². The van der Waals surface area contributed by atoms with Crippen LogP contribution in [0.2, 0.25) is 0 Å². The third kappa shape index (κ3) is 3.31. The molecule has 2 atom stereocenters. The van der Waals surface area contributed by atoms with Crippen molar-refractivity contribution < 1.29 is 13.2 Å². The number of sulfonamides is 1. The van der Waals surface area contributed by atoms with Crippen LogP contribution < -0.4 is 5.32 Å². The summed E-state index contributed by atoms with van der Waals surface area (Å²) >= 11 is 0. The van der Waals surface area contributed by atoms with Gasteiger partial charge in [-0.05, 0) is 37.6 Å². The van der Waals surface area contributed by atoms with Crippen LogP contribution in [0.1, 0.15) is 13.3 Å². The topological polar surface area (TPSA) is 58.6 Å². The second-order valence-electron chi connectivity index (χ2n) is 5.32. The number of ether oxygens (including phenoxy) is 1. The van der Waals surface area contributed by atoms with Crippen LogP contribution in [-0.2, 0) is 14.8 Å². The van der Waals surface area contributed by atoms with Gasteiger partial charge in [-0.3, -0.25) is 0 Å². The van der Waals surface area contributed by atoms with Crippen molar-refractivity contribution in [3.8, 4) is 0 Å². The van der Waals surface area contributed by atoms with Crippen LogP contribution in [0.4, 0.5) is 5.69 Å². The monoisotopic (exact) mass is 298 g/mol. The molecule has 0 radical (unpaired) electrons.